The van der Waals surface area contributed by atoms with Crippen molar-refractivity contribution in [1.29, 1.82) is 0 Å². The zero-order valence-electron chi connectivity index (χ0n) is 9.31. The normalized spacial score (nSPS) is 15.8. The van der Waals surface area contributed by atoms with Crippen LogP contribution in [0.25, 0.3) is 0 Å². The van der Waals surface area contributed by atoms with E-state index in [1.54, 1.807) is 18.2 Å². The van der Waals surface area contributed by atoms with E-state index in [1.165, 1.54) is 21.1 Å². The van der Waals surface area contributed by atoms with Crippen LogP contribution < -0.4 is 0 Å². The van der Waals surface area contributed by atoms with Gasteiger partial charge >= 0.3 is 7.60 Å². The van der Waals surface area contributed by atoms with Crippen molar-refractivity contribution in [2.24, 2.45) is 0 Å². The number of aliphatic hydroxyl groups is 1. The van der Waals surface area contributed by atoms with E-state index < -0.39 is 12.9 Å². The molecule has 16 heavy (non-hydrogen) atoms. The maximum atomic E-state index is 12.2. The van der Waals surface area contributed by atoms with Crippen molar-refractivity contribution in [2.45, 2.75) is 12.3 Å². The smallest absolute Gasteiger partial charge is 0.365 e. The molecule has 0 aromatic heterocycles. The van der Waals surface area contributed by atoms with Crippen molar-refractivity contribution in [3.8, 4) is 0 Å². The summed E-state index contributed by atoms with van der Waals surface area (Å²) in [4.78, 5) is 0. The van der Waals surface area contributed by atoms with Gasteiger partial charge in [0.1, 0.15) is 0 Å². The van der Waals surface area contributed by atoms with Crippen LogP contribution in [0.3, 0.4) is 0 Å². The van der Waals surface area contributed by atoms with Crippen LogP contribution in [-0.2, 0) is 19.0 Å². The van der Waals surface area contributed by atoms with E-state index in [9.17, 15) is 9.67 Å². The first-order valence-electron chi connectivity index (χ1n) is 4.57. The van der Waals surface area contributed by atoms with Gasteiger partial charge in [0.25, 0.3) is 0 Å². The summed E-state index contributed by atoms with van der Waals surface area (Å²) in [6, 6.07) is 6.88. The molecule has 0 unspecified atom stereocenters. The van der Waals surface area contributed by atoms with Gasteiger partial charge in [-0.25, -0.2) is 0 Å². The summed E-state index contributed by atoms with van der Waals surface area (Å²) in [5.74, 6) is 0. The van der Waals surface area contributed by atoms with Gasteiger partial charge in [-0.1, -0.05) is 28.1 Å². The Bertz CT molecular complexity index is 411. The number of benzene rings is 1. The van der Waals surface area contributed by atoms with Gasteiger partial charge < -0.3 is 14.2 Å². The minimum atomic E-state index is -3.59. The summed E-state index contributed by atoms with van der Waals surface area (Å²) in [6.45, 7) is 1.41. The van der Waals surface area contributed by atoms with E-state index >= 15 is 0 Å². The Balaban J connectivity index is 3.25. The molecule has 1 rings (SSSR count). The lowest BCUT2D eigenvalue weighted by Crippen LogP contribution is -2.23. The summed E-state index contributed by atoms with van der Waals surface area (Å²) in [5, 5.41) is 8.62. The Hall–Kier alpha value is -0.190. The predicted molar refractivity (Wildman–Crippen MR) is 65.3 cm³/mol. The molecule has 0 heterocycles. The zero-order valence-corrected chi connectivity index (χ0v) is 11.8. The van der Waals surface area contributed by atoms with Gasteiger partial charge in [-0.15, -0.1) is 0 Å². The summed E-state index contributed by atoms with van der Waals surface area (Å²) >= 11 is 3.28. The van der Waals surface area contributed by atoms with Crippen molar-refractivity contribution < 1.29 is 18.7 Å². The Morgan fingerprint density at radius 2 is 1.94 bits per heavy atom. The fraction of sp³-hybridized carbons (Fsp3) is 0.400. The minimum Gasteiger partial charge on any atom is -0.373 e. The third-order valence-electron chi connectivity index (χ3n) is 2.39. The van der Waals surface area contributed by atoms with Crippen molar-refractivity contribution >= 4 is 23.5 Å². The fourth-order valence-corrected chi connectivity index (χ4v) is 3.09. The molecule has 1 N–H and O–H groups in total. The van der Waals surface area contributed by atoms with Crippen LogP contribution in [0, 0.1) is 0 Å². The molecule has 0 aliphatic heterocycles. The Morgan fingerprint density at radius 3 is 2.38 bits per heavy atom. The van der Waals surface area contributed by atoms with Crippen molar-refractivity contribution in [3.63, 3.8) is 0 Å². The van der Waals surface area contributed by atoms with Crippen LogP contribution in [0.2, 0.25) is 0 Å². The SMILES string of the molecule is COP(=O)(OC)[C@@](C)(O)c1cccc(Br)c1. The highest BCUT2D eigenvalue weighted by atomic mass is 79.9. The molecule has 0 saturated carbocycles. The van der Waals surface area contributed by atoms with Gasteiger partial charge in [-0.3, -0.25) is 4.57 Å². The largest absolute Gasteiger partial charge is 0.373 e. The average Bonchev–Trinajstić information content (AvgIpc) is 2.27. The van der Waals surface area contributed by atoms with Gasteiger partial charge in [0.05, 0.1) is 0 Å². The van der Waals surface area contributed by atoms with Gasteiger partial charge in [0, 0.05) is 18.7 Å². The highest BCUT2D eigenvalue weighted by molar-refractivity contribution is 9.10. The van der Waals surface area contributed by atoms with E-state index in [2.05, 4.69) is 15.9 Å². The Morgan fingerprint density at radius 1 is 1.38 bits per heavy atom. The van der Waals surface area contributed by atoms with Crippen molar-refractivity contribution in [3.05, 3.63) is 34.3 Å². The number of halogens is 1. The molecule has 0 spiro atoms. The number of rotatable bonds is 4. The minimum absolute atomic E-state index is 0.467. The van der Waals surface area contributed by atoms with E-state index in [0.717, 1.165) is 4.47 Å². The monoisotopic (exact) mass is 308 g/mol. The molecule has 90 valence electrons. The maximum Gasteiger partial charge on any atom is 0.365 e. The Kier molecular flexibility index (Phi) is 4.32. The highest BCUT2D eigenvalue weighted by Gasteiger charge is 2.46. The molecule has 0 fully saturated rings. The molecule has 0 aliphatic carbocycles. The van der Waals surface area contributed by atoms with Crippen LogP contribution in [0.15, 0.2) is 28.7 Å². The first kappa shape index (κ1) is 13.9. The fourth-order valence-electron chi connectivity index (χ4n) is 1.37. The second kappa shape index (κ2) is 4.98. The van der Waals surface area contributed by atoms with E-state index in [1.807, 2.05) is 6.07 Å². The van der Waals surface area contributed by atoms with Gasteiger partial charge in [-0.05, 0) is 24.6 Å². The Labute approximate surface area is 103 Å². The van der Waals surface area contributed by atoms with Crippen LogP contribution in [-0.4, -0.2) is 19.3 Å². The molecule has 6 heteroatoms. The lowest BCUT2D eigenvalue weighted by atomic mass is 10.1. The predicted octanol–water partition coefficient (Wildman–Crippen LogP) is 3.10. The third kappa shape index (κ3) is 2.39. The van der Waals surface area contributed by atoms with Crippen LogP contribution in [0.4, 0.5) is 0 Å². The molecular formula is C10H14BrO4P. The molecule has 4 nitrogen and oxygen atoms in total. The maximum absolute atomic E-state index is 12.2. The van der Waals surface area contributed by atoms with Crippen LogP contribution in [0.5, 0.6) is 0 Å². The summed E-state index contributed by atoms with van der Waals surface area (Å²) in [7, 11) is -1.10. The molecule has 0 saturated heterocycles. The van der Waals surface area contributed by atoms with E-state index in [-0.39, 0.29) is 0 Å². The molecule has 0 aliphatic rings. The molecule has 0 amide bonds. The zero-order chi connectivity index (χ0) is 12.4. The molecule has 1 aromatic rings. The van der Waals surface area contributed by atoms with Gasteiger partial charge in [0.15, 0.2) is 5.34 Å². The second-order valence-electron chi connectivity index (χ2n) is 3.39. The van der Waals surface area contributed by atoms with Crippen LogP contribution >= 0.6 is 23.5 Å². The standard InChI is InChI=1S/C10H14BrO4P/c1-10(12,16(13,14-2)15-3)8-5-4-6-9(11)7-8/h4-7,12H,1-3H3/t10-/m1/s1. The molecule has 0 radical (unpaired) electrons. The second-order valence-corrected chi connectivity index (χ2v) is 6.91. The first-order chi connectivity index (χ1) is 7.37. The lowest BCUT2D eigenvalue weighted by molar-refractivity contribution is 0.0932. The summed E-state index contributed by atoms with van der Waals surface area (Å²) < 4.78 is 22.6. The molecule has 1 atom stereocenters. The number of hydrogen-bond donors (Lipinski definition) is 1. The summed E-state index contributed by atoms with van der Waals surface area (Å²) in [5.41, 5.74) is 0.467. The number of hydrogen-bond acceptors (Lipinski definition) is 4. The van der Waals surface area contributed by atoms with Crippen molar-refractivity contribution in [1.82, 2.24) is 0 Å². The average molecular weight is 309 g/mol. The van der Waals surface area contributed by atoms with Gasteiger partial charge in [0.2, 0.25) is 0 Å². The topological polar surface area (TPSA) is 55.8 Å². The van der Waals surface area contributed by atoms with E-state index in [4.69, 9.17) is 9.05 Å². The van der Waals surface area contributed by atoms with E-state index in [0.29, 0.717) is 5.56 Å². The highest BCUT2D eigenvalue weighted by Crippen LogP contribution is 2.62. The molecule has 1 aromatic carbocycles. The molecular weight excluding hydrogens is 295 g/mol. The van der Waals surface area contributed by atoms with Gasteiger partial charge in [-0.2, -0.15) is 0 Å². The third-order valence-corrected chi connectivity index (χ3v) is 5.16. The van der Waals surface area contributed by atoms with Crippen molar-refractivity contribution in [2.75, 3.05) is 14.2 Å². The lowest BCUT2D eigenvalue weighted by Gasteiger charge is -2.30. The molecule has 0 bridgehead atoms. The summed E-state index contributed by atoms with van der Waals surface area (Å²) in [6.07, 6.45) is 0. The quantitative estimate of drug-likeness (QED) is 0.868. The first-order valence-corrected chi connectivity index (χ1v) is 6.91. The van der Waals surface area contributed by atoms with Crippen LogP contribution in [0.1, 0.15) is 12.5 Å².